The van der Waals surface area contributed by atoms with E-state index in [2.05, 4.69) is 65.8 Å². The lowest BCUT2D eigenvalue weighted by Gasteiger charge is -2.27. The SMILES string of the molecule is CC(C)(C)c1cccc(C(=N[C@H](CO)C(C)(C)C)c2ccc3ccccc3c2)c1O. The van der Waals surface area contributed by atoms with Crippen molar-refractivity contribution in [2.45, 2.75) is 53.0 Å². The summed E-state index contributed by atoms with van der Waals surface area (Å²) in [4.78, 5) is 5.00. The second-order valence-corrected chi connectivity index (χ2v) is 10.1. The number of phenolic OH excluding ortho intramolecular Hbond substituents is 1. The summed E-state index contributed by atoms with van der Waals surface area (Å²) in [6.07, 6.45) is 0. The van der Waals surface area contributed by atoms with Crippen molar-refractivity contribution in [3.8, 4) is 5.75 Å². The van der Waals surface area contributed by atoms with Crippen molar-refractivity contribution in [3.63, 3.8) is 0 Å². The smallest absolute Gasteiger partial charge is 0.128 e. The number of aromatic hydroxyl groups is 1. The van der Waals surface area contributed by atoms with E-state index in [0.717, 1.165) is 21.9 Å². The lowest BCUT2D eigenvalue weighted by atomic mass is 9.83. The number of aliphatic hydroxyl groups excluding tert-OH is 1. The summed E-state index contributed by atoms with van der Waals surface area (Å²) in [7, 11) is 0. The highest BCUT2D eigenvalue weighted by atomic mass is 16.3. The molecule has 0 saturated carbocycles. The molecule has 3 rings (SSSR count). The summed E-state index contributed by atoms with van der Waals surface area (Å²) in [6.45, 7) is 12.4. The average molecular weight is 404 g/mol. The first kappa shape index (κ1) is 22.0. The van der Waals surface area contributed by atoms with E-state index in [1.807, 2.05) is 36.4 Å². The highest BCUT2D eigenvalue weighted by Gasteiger charge is 2.27. The molecule has 0 amide bonds. The van der Waals surface area contributed by atoms with E-state index in [9.17, 15) is 10.2 Å². The summed E-state index contributed by atoms with van der Waals surface area (Å²) in [5.74, 6) is 0.252. The Morgan fingerprint density at radius 1 is 0.867 bits per heavy atom. The molecule has 3 aromatic rings. The van der Waals surface area contributed by atoms with E-state index >= 15 is 0 Å². The Hall–Kier alpha value is -2.65. The number of phenols is 1. The summed E-state index contributed by atoms with van der Waals surface area (Å²) in [6, 6.07) is 20.0. The lowest BCUT2D eigenvalue weighted by Crippen LogP contribution is -2.29. The van der Waals surface area contributed by atoms with Crippen LogP contribution in [-0.4, -0.2) is 28.6 Å². The quantitative estimate of drug-likeness (QED) is 0.518. The minimum Gasteiger partial charge on any atom is -0.507 e. The van der Waals surface area contributed by atoms with Crippen molar-refractivity contribution >= 4 is 16.5 Å². The molecule has 0 unspecified atom stereocenters. The van der Waals surface area contributed by atoms with Gasteiger partial charge < -0.3 is 10.2 Å². The molecule has 0 spiro atoms. The molecule has 2 N–H and O–H groups in total. The molecule has 0 heterocycles. The molecular weight excluding hydrogens is 370 g/mol. The van der Waals surface area contributed by atoms with Gasteiger partial charge in [-0.2, -0.15) is 0 Å². The van der Waals surface area contributed by atoms with Crippen LogP contribution in [0.3, 0.4) is 0 Å². The van der Waals surface area contributed by atoms with Gasteiger partial charge in [-0.1, -0.05) is 90.1 Å². The fourth-order valence-corrected chi connectivity index (χ4v) is 3.64. The second kappa shape index (κ2) is 8.23. The van der Waals surface area contributed by atoms with E-state index in [1.54, 1.807) is 0 Å². The third-order valence-electron chi connectivity index (χ3n) is 5.58. The Bertz CT molecular complexity index is 1070. The van der Waals surface area contributed by atoms with Gasteiger partial charge in [-0.15, -0.1) is 0 Å². The van der Waals surface area contributed by atoms with Crippen molar-refractivity contribution in [1.29, 1.82) is 0 Å². The van der Waals surface area contributed by atoms with E-state index < -0.39 is 0 Å². The van der Waals surface area contributed by atoms with Crippen molar-refractivity contribution in [2.75, 3.05) is 6.61 Å². The summed E-state index contributed by atoms with van der Waals surface area (Å²) >= 11 is 0. The topological polar surface area (TPSA) is 52.8 Å². The van der Waals surface area contributed by atoms with Crippen LogP contribution < -0.4 is 0 Å². The molecule has 0 aromatic heterocycles. The maximum absolute atomic E-state index is 11.2. The zero-order valence-corrected chi connectivity index (χ0v) is 18.9. The van der Waals surface area contributed by atoms with Crippen LogP contribution in [0.1, 0.15) is 58.2 Å². The van der Waals surface area contributed by atoms with E-state index in [1.165, 1.54) is 0 Å². The van der Waals surface area contributed by atoms with Crippen LogP contribution >= 0.6 is 0 Å². The van der Waals surface area contributed by atoms with Crippen LogP contribution in [0.4, 0.5) is 0 Å². The normalized spacial score (nSPS) is 14.2. The van der Waals surface area contributed by atoms with E-state index in [0.29, 0.717) is 11.3 Å². The molecule has 30 heavy (non-hydrogen) atoms. The number of para-hydroxylation sites is 1. The van der Waals surface area contributed by atoms with Gasteiger partial charge in [-0.3, -0.25) is 4.99 Å². The molecule has 0 fully saturated rings. The largest absolute Gasteiger partial charge is 0.507 e. The molecule has 0 saturated heterocycles. The molecule has 0 bridgehead atoms. The minimum atomic E-state index is -0.295. The highest BCUT2D eigenvalue weighted by molar-refractivity contribution is 6.16. The van der Waals surface area contributed by atoms with Crippen molar-refractivity contribution in [1.82, 2.24) is 0 Å². The predicted molar refractivity (Wildman–Crippen MR) is 127 cm³/mol. The van der Waals surface area contributed by atoms with Gasteiger partial charge in [-0.05, 0) is 39.3 Å². The standard InChI is InChI=1S/C27H33NO2/c1-26(2,3)22-13-9-12-21(25(22)30)24(28-23(17-29)27(4,5)6)20-15-14-18-10-7-8-11-19(18)16-20/h7-16,23,29-30H,17H2,1-6H3/t23-/m1/s1. The fourth-order valence-electron chi connectivity index (χ4n) is 3.64. The Morgan fingerprint density at radius 3 is 2.13 bits per heavy atom. The zero-order valence-electron chi connectivity index (χ0n) is 18.9. The minimum absolute atomic E-state index is 0.0553. The van der Waals surface area contributed by atoms with Gasteiger partial charge in [0.2, 0.25) is 0 Å². The predicted octanol–water partition coefficient (Wildman–Crippen LogP) is 6.09. The number of hydrogen-bond donors (Lipinski definition) is 2. The van der Waals surface area contributed by atoms with Gasteiger partial charge in [0, 0.05) is 11.1 Å². The number of fused-ring (bicyclic) bond motifs is 1. The maximum Gasteiger partial charge on any atom is 0.128 e. The lowest BCUT2D eigenvalue weighted by molar-refractivity contribution is 0.190. The Labute approximate surface area is 180 Å². The molecule has 1 atom stereocenters. The van der Waals surface area contributed by atoms with Crippen LogP contribution in [-0.2, 0) is 5.41 Å². The first-order valence-corrected chi connectivity index (χ1v) is 10.5. The second-order valence-electron chi connectivity index (χ2n) is 10.1. The van der Waals surface area contributed by atoms with Crippen LogP contribution in [0.5, 0.6) is 5.75 Å². The first-order chi connectivity index (χ1) is 14.0. The maximum atomic E-state index is 11.2. The molecule has 0 aliphatic rings. The van der Waals surface area contributed by atoms with Crippen molar-refractivity contribution < 1.29 is 10.2 Å². The zero-order chi connectivity index (χ0) is 22.1. The molecule has 158 valence electrons. The first-order valence-electron chi connectivity index (χ1n) is 10.5. The molecule has 0 aliphatic heterocycles. The molecule has 0 aliphatic carbocycles. The third-order valence-corrected chi connectivity index (χ3v) is 5.58. The monoisotopic (exact) mass is 403 g/mol. The van der Waals surface area contributed by atoms with Gasteiger partial charge in [0.05, 0.1) is 18.4 Å². The summed E-state index contributed by atoms with van der Waals surface area (Å²) in [5.41, 5.74) is 2.80. The number of benzene rings is 3. The number of aliphatic imine (C=N–C) groups is 1. The number of rotatable bonds is 4. The van der Waals surface area contributed by atoms with Gasteiger partial charge in [0.15, 0.2) is 0 Å². The third kappa shape index (κ3) is 4.57. The molecule has 3 heteroatoms. The van der Waals surface area contributed by atoms with Crippen LogP contribution in [0.2, 0.25) is 0 Å². The summed E-state index contributed by atoms with van der Waals surface area (Å²) in [5, 5.41) is 23.5. The van der Waals surface area contributed by atoms with Crippen molar-refractivity contribution in [2.24, 2.45) is 10.4 Å². The Balaban J connectivity index is 2.28. The number of hydrogen-bond acceptors (Lipinski definition) is 3. The van der Waals surface area contributed by atoms with Crippen LogP contribution in [0.15, 0.2) is 65.7 Å². The van der Waals surface area contributed by atoms with E-state index in [-0.39, 0.29) is 29.2 Å². The van der Waals surface area contributed by atoms with Gasteiger partial charge in [-0.25, -0.2) is 0 Å². The average Bonchev–Trinajstić information content (AvgIpc) is 2.67. The van der Waals surface area contributed by atoms with Crippen LogP contribution in [0.25, 0.3) is 10.8 Å². The van der Waals surface area contributed by atoms with Gasteiger partial charge >= 0.3 is 0 Å². The molecular formula is C27H33NO2. The van der Waals surface area contributed by atoms with E-state index in [4.69, 9.17) is 4.99 Å². The molecule has 3 aromatic carbocycles. The molecule has 3 nitrogen and oxygen atoms in total. The van der Waals surface area contributed by atoms with Crippen LogP contribution in [0, 0.1) is 5.41 Å². The van der Waals surface area contributed by atoms with Crippen molar-refractivity contribution in [3.05, 3.63) is 77.4 Å². The number of nitrogens with zero attached hydrogens (tertiary/aromatic N) is 1. The highest BCUT2D eigenvalue weighted by Crippen LogP contribution is 2.35. The fraction of sp³-hybridized carbons (Fsp3) is 0.370. The van der Waals surface area contributed by atoms with Gasteiger partial charge in [0.25, 0.3) is 0 Å². The van der Waals surface area contributed by atoms with Gasteiger partial charge in [0.1, 0.15) is 5.75 Å². The Morgan fingerprint density at radius 2 is 1.53 bits per heavy atom. The molecule has 0 radical (unpaired) electrons. The Kier molecular flexibility index (Phi) is 6.05. The summed E-state index contributed by atoms with van der Waals surface area (Å²) < 4.78 is 0. The number of aliphatic hydroxyl groups is 1.